The summed E-state index contributed by atoms with van der Waals surface area (Å²) >= 11 is 0. The predicted molar refractivity (Wildman–Crippen MR) is 56.0 cm³/mol. The molecule has 1 aliphatic carbocycles. The van der Waals surface area contributed by atoms with E-state index in [1.165, 1.54) is 12.8 Å². The van der Waals surface area contributed by atoms with Gasteiger partial charge < -0.3 is 10.2 Å². The topological polar surface area (TPSA) is 32.3 Å². The van der Waals surface area contributed by atoms with Crippen molar-refractivity contribution in [3.8, 4) is 0 Å². The number of nitrogens with one attached hydrogen (secondary N) is 1. The lowest BCUT2D eigenvalue weighted by Gasteiger charge is -2.16. The number of rotatable bonds is 5. The van der Waals surface area contributed by atoms with Gasteiger partial charge in [0.05, 0.1) is 6.04 Å². The van der Waals surface area contributed by atoms with Crippen LogP contribution in [0.5, 0.6) is 0 Å². The second kappa shape index (κ2) is 4.30. The molecule has 0 spiro atoms. The molecule has 0 aromatic rings. The van der Waals surface area contributed by atoms with Crippen molar-refractivity contribution in [2.75, 3.05) is 19.6 Å². The normalized spacial score (nSPS) is 27.4. The van der Waals surface area contributed by atoms with Crippen molar-refractivity contribution in [2.45, 2.75) is 38.6 Å². The number of hydrogen-bond donors (Lipinski definition) is 1. The summed E-state index contributed by atoms with van der Waals surface area (Å²) in [6.07, 6.45) is 4.77. The molecule has 3 nitrogen and oxygen atoms in total. The number of carbonyl (C=O) groups excluding carboxylic acids is 1. The summed E-state index contributed by atoms with van der Waals surface area (Å²) in [6.45, 7) is 5.09. The third-order valence-corrected chi connectivity index (χ3v) is 3.11. The fourth-order valence-electron chi connectivity index (χ4n) is 2.04. The summed E-state index contributed by atoms with van der Waals surface area (Å²) < 4.78 is 0. The van der Waals surface area contributed by atoms with Crippen LogP contribution < -0.4 is 5.32 Å². The minimum absolute atomic E-state index is 0.119. The lowest BCUT2D eigenvalue weighted by molar-refractivity contribution is -0.129. The Labute approximate surface area is 85.8 Å². The van der Waals surface area contributed by atoms with Gasteiger partial charge in [-0.25, -0.2) is 0 Å². The molecule has 14 heavy (non-hydrogen) atoms. The SMILES string of the molecule is CCCNC1CCN(CC2CC2)C1=O. The largest absolute Gasteiger partial charge is 0.341 e. The molecular weight excluding hydrogens is 176 g/mol. The Hall–Kier alpha value is -0.570. The van der Waals surface area contributed by atoms with E-state index in [1.807, 2.05) is 4.90 Å². The zero-order chi connectivity index (χ0) is 9.97. The first kappa shape index (κ1) is 9.97. The third-order valence-electron chi connectivity index (χ3n) is 3.11. The highest BCUT2D eigenvalue weighted by atomic mass is 16.2. The van der Waals surface area contributed by atoms with Crippen LogP contribution in [-0.4, -0.2) is 36.5 Å². The van der Waals surface area contributed by atoms with Crippen LogP contribution in [0.4, 0.5) is 0 Å². The van der Waals surface area contributed by atoms with Gasteiger partial charge in [-0.3, -0.25) is 4.79 Å². The first-order valence-electron chi connectivity index (χ1n) is 5.83. The Morgan fingerprint density at radius 3 is 2.86 bits per heavy atom. The first-order valence-corrected chi connectivity index (χ1v) is 5.83. The third kappa shape index (κ3) is 2.27. The average Bonchev–Trinajstić information content (AvgIpc) is 2.93. The second-order valence-corrected chi connectivity index (χ2v) is 4.52. The molecule has 1 aliphatic heterocycles. The highest BCUT2D eigenvalue weighted by Crippen LogP contribution is 2.30. The highest BCUT2D eigenvalue weighted by Gasteiger charge is 2.34. The van der Waals surface area contributed by atoms with Gasteiger partial charge in [0.25, 0.3) is 0 Å². The fourth-order valence-corrected chi connectivity index (χ4v) is 2.04. The van der Waals surface area contributed by atoms with Gasteiger partial charge in [-0.15, -0.1) is 0 Å². The molecule has 0 bridgehead atoms. The Morgan fingerprint density at radius 2 is 2.21 bits per heavy atom. The lowest BCUT2D eigenvalue weighted by Crippen LogP contribution is -2.39. The van der Waals surface area contributed by atoms with Crippen LogP contribution in [0.1, 0.15) is 32.6 Å². The zero-order valence-corrected chi connectivity index (χ0v) is 8.96. The molecule has 0 radical (unpaired) electrons. The van der Waals surface area contributed by atoms with Crippen molar-refractivity contribution in [2.24, 2.45) is 5.92 Å². The van der Waals surface area contributed by atoms with Crippen LogP contribution in [0.25, 0.3) is 0 Å². The maximum absolute atomic E-state index is 11.8. The molecule has 80 valence electrons. The molecule has 1 unspecified atom stereocenters. The average molecular weight is 196 g/mol. The number of hydrogen-bond acceptors (Lipinski definition) is 2. The molecule has 1 heterocycles. The maximum atomic E-state index is 11.8. The number of nitrogens with zero attached hydrogens (tertiary/aromatic N) is 1. The van der Waals surface area contributed by atoms with Crippen LogP contribution in [0, 0.1) is 5.92 Å². The van der Waals surface area contributed by atoms with Gasteiger partial charge in [-0.1, -0.05) is 6.92 Å². The lowest BCUT2D eigenvalue weighted by atomic mass is 10.2. The van der Waals surface area contributed by atoms with Crippen LogP contribution in [0.2, 0.25) is 0 Å². The molecule has 1 N–H and O–H groups in total. The Morgan fingerprint density at radius 1 is 1.43 bits per heavy atom. The van der Waals surface area contributed by atoms with Gasteiger partial charge in [-0.05, 0) is 38.1 Å². The number of carbonyl (C=O) groups is 1. The van der Waals surface area contributed by atoms with Crippen molar-refractivity contribution >= 4 is 5.91 Å². The molecule has 2 fully saturated rings. The minimum Gasteiger partial charge on any atom is -0.341 e. The molecule has 1 atom stereocenters. The number of likely N-dealkylation sites (tertiary alicyclic amines) is 1. The second-order valence-electron chi connectivity index (χ2n) is 4.52. The van der Waals surface area contributed by atoms with Crippen LogP contribution in [0.3, 0.4) is 0 Å². The van der Waals surface area contributed by atoms with E-state index in [1.54, 1.807) is 0 Å². The molecule has 0 aromatic carbocycles. The summed E-state index contributed by atoms with van der Waals surface area (Å²) in [7, 11) is 0. The summed E-state index contributed by atoms with van der Waals surface area (Å²) in [6, 6.07) is 0.119. The molecule has 1 amide bonds. The molecule has 0 aromatic heterocycles. The van der Waals surface area contributed by atoms with Crippen molar-refractivity contribution in [3.63, 3.8) is 0 Å². The fraction of sp³-hybridized carbons (Fsp3) is 0.909. The van der Waals surface area contributed by atoms with E-state index < -0.39 is 0 Å². The first-order chi connectivity index (χ1) is 6.81. The van der Waals surface area contributed by atoms with E-state index >= 15 is 0 Å². The van der Waals surface area contributed by atoms with Crippen LogP contribution in [0.15, 0.2) is 0 Å². The van der Waals surface area contributed by atoms with E-state index in [0.717, 1.165) is 38.4 Å². The van der Waals surface area contributed by atoms with Crippen LogP contribution >= 0.6 is 0 Å². The van der Waals surface area contributed by atoms with Gasteiger partial charge in [0.2, 0.25) is 5.91 Å². The summed E-state index contributed by atoms with van der Waals surface area (Å²) in [5.41, 5.74) is 0. The smallest absolute Gasteiger partial charge is 0.239 e. The minimum atomic E-state index is 0.119. The summed E-state index contributed by atoms with van der Waals surface area (Å²) in [5.74, 6) is 1.16. The maximum Gasteiger partial charge on any atom is 0.239 e. The van der Waals surface area contributed by atoms with Crippen LogP contribution in [-0.2, 0) is 4.79 Å². The molecule has 1 saturated carbocycles. The van der Waals surface area contributed by atoms with Gasteiger partial charge >= 0.3 is 0 Å². The molecule has 2 aliphatic rings. The van der Waals surface area contributed by atoms with Gasteiger partial charge in [0.1, 0.15) is 0 Å². The van der Waals surface area contributed by atoms with Gasteiger partial charge in [0, 0.05) is 13.1 Å². The predicted octanol–water partition coefficient (Wildman–Crippen LogP) is 0.997. The Bertz CT molecular complexity index is 213. The highest BCUT2D eigenvalue weighted by molar-refractivity contribution is 5.84. The van der Waals surface area contributed by atoms with Crippen molar-refractivity contribution in [3.05, 3.63) is 0 Å². The standard InChI is InChI=1S/C11H20N2O/c1-2-6-12-10-5-7-13(11(10)14)8-9-3-4-9/h9-10,12H,2-8H2,1H3. The summed E-state index contributed by atoms with van der Waals surface area (Å²) in [4.78, 5) is 13.9. The number of amides is 1. The Balaban J connectivity index is 1.76. The van der Waals surface area contributed by atoms with E-state index in [9.17, 15) is 4.79 Å². The monoisotopic (exact) mass is 196 g/mol. The zero-order valence-electron chi connectivity index (χ0n) is 8.96. The van der Waals surface area contributed by atoms with Crippen molar-refractivity contribution in [1.82, 2.24) is 10.2 Å². The molecule has 1 saturated heterocycles. The van der Waals surface area contributed by atoms with Crippen molar-refractivity contribution < 1.29 is 4.79 Å². The molecule has 2 rings (SSSR count). The van der Waals surface area contributed by atoms with Gasteiger partial charge in [-0.2, -0.15) is 0 Å². The molecular formula is C11H20N2O. The van der Waals surface area contributed by atoms with Crippen molar-refractivity contribution in [1.29, 1.82) is 0 Å². The van der Waals surface area contributed by atoms with Gasteiger partial charge in [0.15, 0.2) is 0 Å². The van der Waals surface area contributed by atoms with E-state index in [0.29, 0.717) is 5.91 Å². The molecule has 3 heteroatoms. The van der Waals surface area contributed by atoms with E-state index in [4.69, 9.17) is 0 Å². The Kier molecular flexibility index (Phi) is 3.06. The quantitative estimate of drug-likeness (QED) is 0.711. The summed E-state index contributed by atoms with van der Waals surface area (Å²) in [5, 5.41) is 3.31. The van der Waals surface area contributed by atoms with E-state index in [-0.39, 0.29) is 6.04 Å². The van der Waals surface area contributed by atoms with E-state index in [2.05, 4.69) is 12.2 Å².